The van der Waals surface area contributed by atoms with Gasteiger partial charge in [-0.05, 0) is 30.3 Å². The van der Waals surface area contributed by atoms with E-state index >= 15 is 0 Å². The molecule has 0 aliphatic rings. The number of H-pyrrole nitrogens is 1. The highest BCUT2D eigenvalue weighted by Crippen LogP contribution is 2.32. The van der Waals surface area contributed by atoms with Gasteiger partial charge in [-0.1, -0.05) is 28.3 Å². The Balaban J connectivity index is 2.02. The van der Waals surface area contributed by atoms with E-state index in [0.717, 1.165) is 4.90 Å². The topological polar surface area (TPSA) is 83.6 Å². The summed E-state index contributed by atoms with van der Waals surface area (Å²) in [4.78, 5) is 12.6. The fourth-order valence-electron chi connectivity index (χ4n) is 1.24. The van der Waals surface area contributed by atoms with Crippen LogP contribution >= 0.6 is 35.0 Å². The van der Waals surface area contributed by atoms with Crippen LogP contribution in [-0.2, 0) is 4.79 Å². The third kappa shape index (κ3) is 3.82. The number of carbonyl (C=O) groups excluding carboxylic acids is 1. The van der Waals surface area contributed by atoms with E-state index < -0.39 is 0 Å². The average Bonchev–Trinajstić information content (AvgIpc) is 2.86. The summed E-state index contributed by atoms with van der Waals surface area (Å²) in [7, 11) is 0. The zero-order chi connectivity index (χ0) is 13.8. The molecule has 1 aromatic carbocycles. The molecule has 1 atom stereocenters. The number of halogens is 2. The predicted molar refractivity (Wildman–Crippen MR) is 74.6 cm³/mol. The van der Waals surface area contributed by atoms with Crippen molar-refractivity contribution in [2.24, 2.45) is 0 Å². The molecule has 0 aliphatic heterocycles. The maximum Gasteiger partial charge on any atom is 0.269 e. The van der Waals surface area contributed by atoms with Crippen LogP contribution in [0.1, 0.15) is 6.92 Å². The van der Waals surface area contributed by atoms with Crippen molar-refractivity contribution in [3.8, 4) is 0 Å². The van der Waals surface area contributed by atoms with Crippen LogP contribution in [0, 0.1) is 0 Å². The number of tetrazole rings is 1. The smallest absolute Gasteiger partial charge is 0.269 e. The number of benzene rings is 1. The summed E-state index contributed by atoms with van der Waals surface area (Å²) < 4.78 is 0. The molecule has 0 fully saturated rings. The number of aromatic nitrogens is 4. The van der Waals surface area contributed by atoms with E-state index in [1.54, 1.807) is 25.1 Å². The van der Waals surface area contributed by atoms with Gasteiger partial charge in [0, 0.05) is 9.92 Å². The monoisotopic (exact) mass is 317 g/mol. The Bertz CT molecular complexity index is 577. The van der Waals surface area contributed by atoms with Gasteiger partial charge < -0.3 is 0 Å². The highest BCUT2D eigenvalue weighted by Gasteiger charge is 2.17. The van der Waals surface area contributed by atoms with Crippen LogP contribution in [0.3, 0.4) is 0 Å². The maximum absolute atomic E-state index is 11.9. The molecule has 19 heavy (non-hydrogen) atoms. The molecule has 1 amide bonds. The van der Waals surface area contributed by atoms with Gasteiger partial charge in [-0.2, -0.15) is 5.21 Å². The minimum Gasteiger partial charge on any atom is -0.291 e. The van der Waals surface area contributed by atoms with Gasteiger partial charge in [0.25, 0.3) is 5.95 Å². The van der Waals surface area contributed by atoms with E-state index in [9.17, 15) is 4.79 Å². The SMILES string of the molecule is CC(Sc1cc(Cl)ccc1Cl)C(=O)Nc1nn[nH]n1. The number of anilines is 1. The van der Waals surface area contributed by atoms with Crippen molar-refractivity contribution in [1.29, 1.82) is 0 Å². The molecule has 1 heterocycles. The summed E-state index contributed by atoms with van der Waals surface area (Å²) in [5.41, 5.74) is 0. The molecule has 100 valence electrons. The summed E-state index contributed by atoms with van der Waals surface area (Å²) in [6, 6.07) is 5.10. The van der Waals surface area contributed by atoms with Crippen LogP contribution in [0.4, 0.5) is 5.95 Å². The lowest BCUT2D eigenvalue weighted by atomic mass is 10.4. The number of thioether (sulfide) groups is 1. The quantitative estimate of drug-likeness (QED) is 0.847. The minimum atomic E-state index is -0.380. The summed E-state index contributed by atoms with van der Waals surface area (Å²) in [5, 5.41) is 16.1. The number of hydrogen-bond donors (Lipinski definition) is 2. The van der Waals surface area contributed by atoms with Crippen LogP contribution in [0.15, 0.2) is 23.1 Å². The zero-order valence-electron chi connectivity index (χ0n) is 9.72. The van der Waals surface area contributed by atoms with Gasteiger partial charge in [0.15, 0.2) is 0 Å². The second kappa shape index (κ2) is 6.23. The Hall–Kier alpha value is -1.31. The Morgan fingerprint density at radius 3 is 2.95 bits per heavy atom. The first kappa shape index (κ1) is 14.1. The zero-order valence-corrected chi connectivity index (χ0v) is 12.1. The Kier molecular flexibility index (Phi) is 4.62. The van der Waals surface area contributed by atoms with Gasteiger partial charge in [0.2, 0.25) is 5.91 Å². The fourth-order valence-corrected chi connectivity index (χ4v) is 2.65. The minimum absolute atomic E-state index is 0.134. The third-order valence-electron chi connectivity index (χ3n) is 2.15. The standard InChI is InChI=1S/C10H9Cl2N5OS/c1-5(9(18)13-10-14-16-17-15-10)19-8-4-6(11)2-3-7(8)12/h2-5H,1H3,(H2,13,14,15,16,17,18). The van der Waals surface area contributed by atoms with E-state index in [-0.39, 0.29) is 17.1 Å². The molecular weight excluding hydrogens is 309 g/mol. The summed E-state index contributed by atoms with van der Waals surface area (Å²) in [6.07, 6.45) is 0. The Morgan fingerprint density at radius 1 is 1.47 bits per heavy atom. The molecular formula is C10H9Cl2N5OS. The van der Waals surface area contributed by atoms with Crippen LogP contribution in [0.2, 0.25) is 10.0 Å². The van der Waals surface area contributed by atoms with Crippen LogP contribution in [-0.4, -0.2) is 31.8 Å². The van der Waals surface area contributed by atoms with Crippen LogP contribution in [0.5, 0.6) is 0 Å². The number of nitrogens with zero attached hydrogens (tertiary/aromatic N) is 3. The molecule has 1 unspecified atom stereocenters. The number of carbonyl (C=O) groups is 1. The normalized spacial score (nSPS) is 12.2. The molecule has 9 heteroatoms. The molecule has 0 aliphatic carbocycles. The molecule has 0 bridgehead atoms. The molecule has 1 aromatic heterocycles. The Labute approximate surface area is 123 Å². The lowest BCUT2D eigenvalue weighted by molar-refractivity contribution is -0.115. The highest BCUT2D eigenvalue weighted by molar-refractivity contribution is 8.00. The number of amides is 1. The van der Waals surface area contributed by atoms with Crippen molar-refractivity contribution in [1.82, 2.24) is 20.6 Å². The largest absolute Gasteiger partial charge is 0.291 e. The van der Waals surface area contributed by atoms with Crippen molar-refractivity contribution >= 4 is 46.8 Å². The first-order chi connectivity index (χ1) is 9.06. The second-order valence-corrected chi connectivity index (χ2v) is 5.79. The predicted octanol–water partition coefficient (Wildman–Crippen LogP) is 2.63. The molecule has 0 spiro atoms. The molecule has 0 radical (unpaired) electrons. The number of rotatable bonds is 4. The summed E-state index contributed by atoms with van der Waals surface area (Å²) in [6.45, 7) is 1.75. The van der Waals surface area contributed by atoms with E-state index in [0.29, 0.717) is 10.0 Å². The number of nitrogens with one attached hydrogen (secondary N) is 2. The molecule has 6 nitrogen and oxygen atoms in total. The number of hydrogen-bond acceptors (Lipinski definition) is 5. The highest BCUT2D eigenvalue weighted by atomic mass is 35.5. The lowest BCUT2D eigenvalue weighted by Crippen LogP contribution is -2.23. The molecule has 2 N–H and O–H groups in total. The van der Waals surface area contributed by atoms with Crippen molar-refractivity contribution in [3.63, 3.8) is 0 Å². The molecule has 2 rings (SSSR count). The van der Waals surface area contributed by atoms with Crippen molar-refractivity contribution in [2.45, 2.75) is 17.1 Å². The average molecular weight is 318 g/mol. The second-order valence-electron chi connectivity index (χ2n) is 3.56. The van der Waals surface area contributed by atoms with Crippen molar-refractivity contribution in [3.05, 3.63) is 28.2 Å². The Morgan fingerprint density at radius 2 is 2.26 bits per heavy atom. The van der Waals surface area contributed by atoms with Gasteiger partial charge in [-0.25, -0.2) is 0 Å². The maximum atomic E-state index is 11.9. The van der Waals surface area contributed by atoms with Gasteiger partial charge in [0.1, 0.15) is 0 Å². The van der Waals surface area contributed by atoms with Gasteiger partial charge in [-0.15, -0.1) is 16.9 Å². The van der Waals surface area contributed by atoms with Gasteiger partial charge in [0.05, 0.1) is 10.3 Å². The van der Waals surface area contributed by atoms with Gasteiger partial charge in [-0.3, -0.25) is 10.1 Å². The first-order valence-corrected chi connectivity index (χ1v) is 6.86. The summed E-state index contributed by atoms with van der Waals surface area (Å²) >= 11 is 13.2. The number of aromatic amines is 1. The van der Waals surface area contributed by atoms with Crippen molar-refractivity contribution in [2.75, 3.05) is 5.32 Å². The molecule has 0 saturated heterocycles. The fraction of sp³-hybridized carbons (Fsp3) is 0.200. The molecule has 0 saturated carbocycles. The molecule has 2 aromatic rings. The van der Waals surface area contributed by atoms with Gasteiger partial charge >= 0.3 is 0 Å². The van der Waals surface area contributed by atoms with Crippen LogP contribution < -0.4 is 5.32 Å². The van der Waals surface area contributed by atoms with E-state index in [2.05, 4.69) is 25.9 Å². The van der Waals surface area contributed by atoms with E-state index in [1.165, 1.54) is 11.8 Å². The van der Waals surface area contributed by atoms with Crippen molar-refractivity contribution < 1.29 is 4.79 Å². The van der Waals surface area contributed by atoms with E-state index in [4.69, 9.17) is 23.2 Å². The van der Waals surface area contributed by atoms with E-state index in [1.807, 2.05) is 0 Å². The van der Waals surface area contributed by atoms with Crippen LogP contribution in [0.25, 0.3) is 0 Å². The first-order valence-electron chi connectivity index (χ1n) is 5.22. The third-order valence-corrected chi connectivity index (χ3v) is 3.98. The lowest BCUT2D eigenvalue weighted by Gasteiger charge is -2.11. The summed E-state index contributed by atoms with van der Waals surface area (Å²) in [5.74, 6) is -0.114.